The summed E-state index contributed by atoms with van der Waals surface area (Å²) in [6.07, 6.45) is 1.45. The van der Waals surface area contributed by atoms with Crippen molar-refractivity contribution in [1.82, 2.24) is 4.98 Å². The molecule has 0 saturated heterocycles. The van der Waals surface area contributed by atoms with Gasteiger partial charge in [0.1, 0.15) is 10.5 Å². The fourth-order valence-corrected chi connectivity index (χ4v) is 4.14. The molecule has 176 valence electrons. The molecule has 0 aliphatic rings. The molecule has 9 nitrogen and oxygen atoms in total. The minimum absolute atomic E-state index is 0.0910. The Morgan fingerprint density at radius 2 is 1.94 bits per heavy atom. The van der Waals surface area contributed by atoms with Gasteiger partial charge in [0, 0.05) is 0 Å². The largest absolute Gasteiger partial charge is 0.476 e. The summed E-state index contributed by atoms with van der Waals surface area (Å²) in [5.74, 6) is -0.815. The second kappa shape index (κ2) is 9.52. The van der Waals surface area contributed by atoms with Crippen molar-refractivity contribution in [2.75, 3.05) is 18.5 Å². The molecule has 0 fully saturated rings. The van der Waals surface area contributed by atoms with Crippen LogP contribution in [-0.2, 0) is 9.53 Å². The fourth-order valence-electron chi connectivity index (χ4n) is 3.26. The number of thiazole rings is 1. The molecular formula is C24H22N2O7S. The molecule has 0 saturated carbocycles. The molecule has 4 rings (SSSR count). The van der Waals surface area contributed by atoms with Crippen LogP contribution >= 0.6 is 11.3 Å². The van der Waals surface area contributed by atoms with Gasteiger partial charge in [-0.3, -0.25) is 14.9 Å². The summed E-state index contributed by atoms with van der Waals surface area (Å²) in [7, 11) is 0. The number of fused-ring (bicyclic) bond motifs is 1. The summed E-state index contributed by atoms with van der Waals surface area (Å²) in [5.41, 5.74) is 2.31. The van der Waals surface area contributed by atoms with Gasteiger partial charge in [-0.1, -0.05) is 11.3 Å². The summed E-state index contributed by atoms with van der Waals surface area (Å²) in [5, 5.41) is 3.13. The molecule has 34 heavy (non-hydrogen) atoms. The van der Waals surface area contributed by atoms with Crippen LogP contribution in [0.15, 0.2) is 44.2 Å². The Morgan fingerprint density at radius 1 is 1.18 bits per heavy atom. The van der Waals surface area contributed by atoms with E-state index >= 15 is 0 Å². The monoisotopic (exact) mass is 482 g/mol. The Bertz CT molecular complexity index is 1430. The van der Waals surface area contributed by atoms with Crippen molar-refractivity contribution in [2.24, 2.45) is 0 Å². The number of amides is 1. The minimum Gasteiger partial charge on any atom is -0.476 e. The van der Waals surface area contributed by atoms with Crippen molar-refractivity contribution in [3.05, 3.63) is 62.4 Å². The highest BCUT2D eigenvalue weighted by Gasteiger charge is 2.22. The van der Waals surface area contributed by atoms with Gasteiger partial charge in [0.25, 0.3) is 5.91 Å². The molecule has 0 atom stereocenters. The van der Waals surface area contributed by atoms with E-state index in [9.17, 15) is 14.4 Å². The first-order chi connectivity index (χ1) is 16.3. The molecule has 1 amide bonds. The number of anilines is 1. The number of ether oxygens (including phenoxy) is 2. The average molecular weight is 483 g/mol. The predicted octanol–water partition coefficient (Wildman–Crippen LogP) is 4.63. The van der Waals surface area contributed by atoms with E-state index < -0.39 is 23.9 Å². The van der Waals surface area contributed by atoms with Crippen LogP contribution in [-0.4, -0.2) is 30.1 Å². The van der Waals surface area contributed by atoms with Crippen LogP contribution in [0.25, 0.3) is 22.5 Å². The highest BCUT2D eigenvalue weighted by atomic mass is 32.1. The summed E-state index contributed by atoms with van der Waals surface area (Å²) >= 11 is 0.998. The number of esters is 1. The van der Waals surface area contributed by atoms with E-state index in [1.165, 1.54) is 6.26 Å². The third-order valence-electron chi connectivity index (χ3n) is 5.06. The fraction of sp³-hybridized carbons (Fsp3) is 0.250. The molecule has 10 heteroatoms. The first-order valence-electron chi connectivity index (χ1n) is 10.5. The number of hydrogen-bond acceptors (Lipinski definition) is 9. The molecule has 0 bridgehead atoms. The molecule has 4 aromatic rings. The second-order valence-corrected chi connectivity index (χ2v) is 8.49. The maximum Gasteiger partial charge on any atom is 0.350 e. The van der Waals surface area contributed by atoms with Crippen LogP contribution < -0.4 is 15.5 Å². The lowest BCUT2D eigenvalue weighted by Crippen LogP contribution is -2.22. The van der Waals surface area contributed by atoms with Crippen LogP contribution in [0.5, 0.6) is 5.75 Å². The molecular weight excluding hydrogens is 460 g/mol. The van der Waals surface area contributed by atoms with Gasteiger partial charge in [-0.2, -0.15) is 0 Å². The number of rotatable bonds is 7. The van der Waals surface area contributed by atoms with E-state index in [2.05, 4.69) is 10.3 Å². The van der Waals surface area contributed by atoms with Crippen LogP contribution in [0.4, 0.5) is 5.13 Å². The lowest BCUT2D eigenvalue weighted by Gasteiger charge is -2.11. The molecule has 0 unspecified atom stereocenters. The van der Waals surface area contributed by atoms with Gasteiger partial charge in [-0.05, 0) is 63.1 Å². The molecule has 3 aromatic heterocycles. The lowest BCUT2D eigenvalue weighted by atomic mass is 10.1. The van der Waals surface area contributed by atoms with Gasteiger partial charge in [-0.25, -0.2) is 9.78 Å². The Balaban J connectivity index is 1.60. The molecule has 1 aromatic carbocycles. The van der Waals surface area contributed by atoms with Crippen LogP contribution in [0.1, 0.15) is 33.4 Å². The molecule has 1 N–H and O–H groups in total. The Hall–Kier alpha value is -3.92. The van der Waals surface area contributed by atoms with Gasteiger partial charge in [0.05, 0.1) is 24.0 Å². The second-order valence-electron chi connectivity index (χ2n) is 7.49. The van der Waals surface area contributed by atoms with E-state index in [0.29, 0.717) is 27.3 Å². The standard InChI is InChI=1S/C24H22N2O7S/c1-5-30-23(29)22-14(4)25-24(34-22)26-18(27)11-32-21-19(28)15-9-12(2)13(3)10-17(15)33-20(21)16-7-6-8-31-16/h6-10H,5,11H2,1-4H3,(H,25,26,27). The van der Waals surface area contributed by atoms with E-state index in [0.717, 1.165) is 22.5 Å². The van der Waals surface area contributed by atoms with Crippen molar-refractivity contribution in [2.45, 2.75) is 27.7 Å². The Morgan fingerprint density at radius 3 is 2.65 bits per heavy atom. The van der Waals surface area contributed by atoms with E-state index in [-0.39, 0.29) is 23.2 Å². The molecule has 0 aliphatic carbocycles. The van der Waals surface area contributed by atoms with Gasteiger partial charge >= 0.3 is 5.97 Å². The number of nitrogens with zero attached hydrogens (tertiary/aromatic N) is 1. The lowest BCUT2D eigenvalue weighted by molar-refractivity contribution is -0.118. The number of furan rings is 1. The molecule has 0 radical (unpaired) electrons. The van der Waals surface area contributed by atoms with Crippen molar-refractivity contribution < 1.29 is 27.9 Å². The Labute approximate surface area is 198 Å². The molecule has 0 aliphatic heterocycles. The van der Waals surface area contributed by atoms with Crippen molar-refractivity contribution in [3.63, 3.8) is 0 Å². The Kier molecular flexibility index (Phi) is 6.51. The van der Waals surface area contributed by atoms with Crippen molar-refractivity contribution in [3.8, 4) is 17.3 Å². The quantitative estimate of drug-likeness (QED) is 0.379. The zero-order chi connectivity index (χ0) is 24.4. The third-order valence-corrected chi connectivity index (χ3v) is 6.11. The van der Waals surface area contributed by atoms with E-state index in [1.54, 1.807) is 38.1 Å². The highest BCUT2D eigenvalue weighted by molar-refractivity contribution is 7.17. The topological polar surface area (TPSA) is 121 Å². The predicted molar refractivity (Wildman–Crippen MR) is 127 cm³/mol. The SMILES string of the molecule is CCOC(=O)c1sc(NC(=O)COc2c(-c3ccco3)oc3cc(C)c(C)cc3c2=O)nc1C. The van der Waals surface area contributed by atoms with Crippen LogP contribution in [0.2, 0.25) is 0 Å². The normalized spacial score (nSPS) is 10.9. The van der Waals surface area contributed by atoms with Crippen molar-refractivity contribution >= 4 is 39.3 Å². The summed E-state index contributed by atoms with van der Waals surface area (Å²) in [6.45, 7) is 6.91. The number of carbonyl (C=O) groups excluding carboxylic acids is 2. The summed E-state index contributed by atoms with van der Waals surface area (Å²) < 4.78 is 22.0. The van der Waals surface area contributed by atoms with Gasteiger partial charge in [0.2, 0.25) is 16.9 Å². The average Bonchev–Trinajstić information content (AvgIpc) is 3.44. The van der Waals surface area contributed by atoms with Crippen molar-refractivity contribution in [1.29, 1.82) is 0 Å². The van der Waals surface area contributed by atoms with Gasteiger partial charge in [0.15, 0.2) is 17.5 Å². The first-order valence-corrected chi connectivity index (χ1v) is 11.3. The number of nitrogens with one attached hydrogen (secondary N) is 1. The molecule has 0 spiro atoms. The van der Waals surface area contributed by atoms with Gasteiger partial charge in [-0.15, -0.1) is 0 Å². The van der Waals surface area contributed by atoms with E-state index in [4.69, 9.17) is 18.3 Å². The first kappa shape index (κ1) is 23.2. The zero-order valence-corrected chi connectivity index (χ0v) is 19.8. The number of aryl methyl sites for hydroxylation is 3. The smallest absolute Gasteiger partial charge is 0.350 e. The summed E-state index contributed by atoms with van der Waals surface area (Å²) in [4.78, 5) is 42.2. The maximum atomic E-state index is 13.2. The van der Waals surface area contributed by atoms with Crippen LogP contribution in [0, 0.1) is 20.8 Å². The molecule has 3 heterocycles. The highest BCUT2D eigenvalue weighted by Crippen LogP contribution is 2.32. The summed E-state index contributed by atoms with van der Waals surface area (Å²) in [6, 6.07) is 6.79. The van der Waals surface area contributed by atoms with E-state index in [1.807, 2.05) is 13.8 Å². The number of benzene rings is 1. The zero-order valence-electron chi connectivity index (χ0n) is 19.0. The number of aromatic nitrogens is 1. The minimum atomic E-state index is -0.561. The van der Waals surface area contributed by atoms with Crippen LogP contribution in [0.3, 0.4) is 0 Å². The number of hydrogen-bond donors (Lipinski definition) is 1. The number of carbonyl (C=O) groups is 2. The maximum absolute atomic E-state index is 13.2. The third kappa shape index (κ3) is 4.58. The van der Waals surface area contributed by atoms with Gasteiger partial charge < -0.3 is 18.3 Å².